The maximum Gasteiger partial charge on any atom is 0.0596 e. The molecule has 1 atom stereocenters. The van der Waals surface area contributed by atoms with Crippen LogP contribution in [0.2, 0.25) is 0 Å². The highest BCUT2D eigenvalue weighted by Gasteiger charge is 2.24. The lowest BCUT2D eigenvalue weighted by Gasteiger charge is -2.29. The minimum atomic E-state index is 0.337. The molecule has 0 spiro atoms. The molecule has 1 aromatic heterocycles. The highest BCUT2D eigenvalue weighted by molar-refractivity contribution is 5.10. The van der Waals surface area contributed by atoms with Crippen LogP contribution in [0.25, 0.3) is 0 Å². The standard InChI is InChI=1S/C15H29N3/c1-6-8-15(4,12-16-9-7-2)11-14-10-13(3)17-18(14)5/h10,16H,6-9,11-12H2,1-5H3. The maximum absolute atomic E-state index is 4.45. The third-order valence-electron chi connectivity index (χ3n) is 3.54. The molecule has 0 saturated carbocycles. The van der Waals surface area contributed by atoms with Gasteiger partial charge in [0.1, 0.15) is 0 Å². The van der Waals surface area contributed by atoms with E-state index in [2.05, 4.69) is 44.2 Å². The summed E-state index contributed by atoms with van der Waals surface area (Å²) >= 11 is 0. The number of aromatic nitrogens is 2. The Morgan fingerprint density at radius 3 is 2.56 bits per heavy atom. The highest BCUT2D eigenvalue weighted by atomic mass is 15.3. The molecule has 104 valence electrons. The van der Waals surface area contributed by atoms with Gasteiger partial charge < -0.3 is 5.32 Å². The number of nitrogens with one attached hydrogen (secondary N) is 1. The van der Waals surface area contributed by atoms with Gasteiger partial charge in [0.2, 0.25) is 0 Å². The average molecular weight is 251 g/mol. The first-order valence-electron chi connectivity index (χ1n) is 7.21. The van der Waals surface area contributed by atoms with Crippen LogP contribution in [0.4, 0.5) is 0 Å². The van der Waals surface area contributed by atoms with Crippen molar-refractivity contribution in [1.29, 1.82) is 0 Å². The molecule has 0 amide bonds. The van der Waals surface area contributed by atoms with Gasteiger partial charge in [-0.15, -0.1) is 0 Å². The van der Waals surface area contributed by atoms with E-state index in [1.165, 1.54) is 25.0 Å². The summed E-state index contributed by atoms with van der Waals surface area (Å²) in [6, 6.07) is 2.22. The Hall–Kier alpha value is -0.830. The molecule has 1 aromatic rings. The van der Waals surface area contributed by atoms with Crippen molar-refractivity contribution >= 4 is 0 Å². The SMILES string of the molecule is CCCNCC(C)(CCC)Cc1cc(C)nn1C. The smallest absolute Gasteiger partial charge is 0.0596 e. The van der Waals surface area contributed by atoms with E-state index in [-0.39, 0.29) is 0 Å². The largest absolute Gasteiger partial charge is 0.316 e. The zero-order valence-electron chi connectivity index (χ0n) is 12.7. The predicted octanol–water partition coefficient (Wildman–Crippen LogP) is 3.08. The monoisotopic (exact) mass is 251 g/mol. The van der Waals surface area contributed by atoms with E-state index in [0.29, 0.717) is 5.41 Å². The number of nitrogens with zero attached hydrogens (tertiary/aromatic N) is 2. The number of hydrogen-bond acceptors (Lipinski definition) is 2. The molecule has 1 heterocycles. The molecule has 0 aromatic carbocycles. The Balaban J connectivity index is 2.68. The molecule has 3 heteroatoms. The van der Waals surface area contributed by atoms with Crippen molar-refractivity contribution in [3.63, 3.8) is 0 Å². The lowest BCUT2D eigenvalue weighted by molar-refractivity contribution is 0.270. The normalized spacial score (nSPS) is 14.7. The van der Waals surface area contributed by atoms with Gasteiger partial charge in [0.15, 0.2) is 0 Å². The van der Waals surface area contributed by atoms with Crippen LogP contribution in [0.5, 0.6) is 0 Å². The minimum Gasteiger partial charge on any atom is -0.316 e. The lowest BCUT2D eigenvalue weighted by Crippen LogP contribution is -2.34. The first-order valence-corrected chi connectivity index (χ1v) is 7.21. The van der Waals surface area contributed by atoms with Gasteiger partial charge >= 0.3 is 0 Å². The van der Waals surface area contributed by atoms with E-state index in [0.717, 1.165) is 25.2 Å². The van der Waals surface area contributed by atoms with E-state index in [9.17, 15) is 0 Å². The topological polar surface area (TPSA) is 29.9 Å². The van der Waals surface area contributed by atoms with Crippen molar-refractivity contribution in [3.05, 3.63) is 17.5 Å². The summed E-state index contributed by atoms with van der Waals surface area (Å²) in [5.74, 6) is 0. The summed E-state index contributed by atoms with van der Waals surface area (Å²) < 4.78 is 2.03. The van der Waals surface area contributed by atoms with E-state index in [4.69, 9.17) is 0 Å². The summed E-state index contributed by atoms with van der Waals surface area (Å²) in [5, 5.41) is 8.03. The van der Waals surface area contributed by atoms with Crippen LogP contribution in [0.15, 0.2) is 6.07 Å². The van der Waals surface area contributed by atoms with Crippen LogP contribution in [-0.4, -0.2) is 22.9 Å². The van der Waals surface area contributed by atoms with Crippen molar-refractivity contribution in [2.75, 3.05) is 13.1 Å². The molecule has 0 aliphatic rings. The van der Waals surface area contributed by atoms with Crippen LogP contribution >= 0.6 is 0 Å². The van der Waals surface area contributed by atoms with Gasteiger partial charge in [-0.25, -0.2) is 0 Å². The Labute approximate surface area is 112 Å². The van der Waals surface area contributed by atoms with E-state index >= 15 is 0 Å². The summed E-state index contributed by atoms with van der Waals surface area (Å²) in [7, 11) is 2.05. The molecular formula is C15H29N3. The first kappa shape index (κ1) is 15.2. The van der Waals surface area contributed by atoms with Gasteiger partial charge in [0, 0.05) is 19.3 Å². The van der Waals surface area contributed by atoms with Gasteiger partial charge in [0.05, 0.1) is 5.69 Å². The maximum atomic E-state index is 4.45. The fourth-order valence-electron chi connectivity index (χ4n) is 2.68. The van der Waals surface area contributed by atoms with Gasteiger partial charge in [-0.2, -0.15) is 5.10 Å². The first-order chi connectivity index (χ1) is 8.50. The molecule has 0 aliphatic carbocycles. The van der Waals surface area contributed by atoms with Crippen LogP contribution in [-0.2, 0) is 13.5 Å². The Morgan fingerprint density at radius 2 is 2.06 bits per heavy atom. The van der Waals surface area contributed by atoms with Crippen LogP contribution in [0.1, 0.15) is 51.4 Å². The summed E-state index contributed by atoms with van der Waals surface area (Å²) in [6.07, 6.45) is 4.80. The molecule has 0 radical (unpaired) electrons. The molecule has 0 fully saturated rings. The molecular weight excluding hydrogens is 222 g/mol. The summed E-state index contributed by atoms with van der Waals surface area (Å²) in [5.41, 5.74) is 2.80. The Morgan fingerprint density at radius 1 is 1.33 bits per heavy atom. The predicted molar refractivity (Wildman–Crippen MR) is 77.8 cm³/mol. The van der Waals surface area contributed by atoms with Gasteiger partial charge in [-0.05, 0) is 44.2 Å². The second-order valence-corrected chi connectivity index (χ2v) is 5.81. The third-order valence-corrected chi connectivity index (χ3v) is 3.54. The van der Waals surface area contributed by atoms with Crippen molar-refractivity contribution in [1.82, 2.24) is 15.1 Å². The van der Waals surface area contributed by atoms with E-state index < -0.39 is 0 Å². The van der Waals surface area contributed by atoms with Crippen molar-refractivity contribution in [2.24, 2.45) is 12.5 Å². The number of aryl methyl sites for hydroxylation is 2. The van der Waals surface area contributed by atoms with Crippen molar-refractivity contribution < 1.29 is 0 Å². The molecule has 3 nitrogen and oxygen atoms in total. The Bertz CT molecular complexity index is 357. The molecule has 1 N–H and O–H groups in total. The lowest BCUT2D eigenvalue weighted by atomic mass is 9.81. The molecule has 0 bridgehead atoms. The quantitative estimate of drug-likeness (QED) is 0.720. The number of rotatable bonds is 8. The van der Waals surface area contributed by atoms with Crippen LogP contribution < -0.4 is 5.32 Å². The highest BCUT2D eigenvalue weighted by Crippen LogP contribution is 2.27. The van der Waals surface area contributed by atoms with E-state index in [1.54, 1.807) is 0 Å². The van der Waals surface area contributed by atoms with Gasteiger partial charge in [-0.3, -0.25) is 4.68 Å². The van der Waals surface area contributed by atoms with E-state index in [1.807, 2.05) is 11.7 Å². The molecule has 0 saturated heterocycles. The number of hydrogen-bond donors (Lipinski definition) is 1. The van der Waals surface area contributed by atoms with Crippen molar-refractivity contribution in [2.45, 2.75) is 53.4 Å². The zero-order chi connectivity index (χ0) is 13.6. The van der Waals surface area contributed by atoms with Crippen LogP contribution in [0.3, 0.4) is 0 Å². The fourth-order valence-corrected chi connectivity index (χ4v) is 2.68. The summed E-state index contributed by atoms with van der Waals surface area (Å²) in [6.45, 7) is 11.2. The summed E-state index contributed by atoms with van der Waals surface area (Å²) in [4.78, 5) is 0. The molecule has 1 rings (SSSR count). The van der Waals surface area contributed by atoms with Crippen LogP contribution in [0, 0.1) is 12.3 Å². The second kappa shape index (κ2) is 6.93. The molecule has 1 unspecified atom stereocenters. The molecule has 0 aliphatic heterocycles. The second-order valence-electron chi connectivity index (χ2n) is 5.81. The fraction of sp³-hybridized carbons (Fsp3) is 0.800. The average Bonchev–Trinajstić information content (AvgIpc) is 2.58. The van der Waals surface area contributed by atoms with Crippen molar-refractivity contribution in [3.8, 4) is 0 Å². The van der Waals surface area contributed by atoms with Gasteiger partial charge in [0.25, 0.3) is 0 Å². The minimum absolute atomic E-state index is 0.337. The molecule has 18 heavy (non-hydrogen) atoms. The Kier molecular flexibility index (Phi) is 5.86. The third kappa shape index (κ3) is 4.45. The van der Waals surface area contributed by atoms with Gasteiger partial charge in [-0.1, -0.05) is 27.2 Å². The zero-order valence-corrected chi connectivity index (χ0v) is 12.7.